The number of nitrogens with zero attached hydrogens (tertiary/aromatic N) is 6. The number of aromatic nitrogens is 5. The van der Waals surface area contributed by atoms with Crippen LogP contribution < -0.4 is 15.6 Å². The number of H-pyrrole nitrogens is 1. The standard InChI is InChI=1S/C20H14ClN7O3/c21-15-7-14(4-1-10(15)8-22)31-20-26-17-12(5-11-6-16(29)25-18(11)30)9-23-28(17)19(27-20)24-13-2-3-13/h1,4-7,9,13,25,29-30H,2-3H2. The summed E-state index contributed by atoms with van der Waals surface area (Å²) in [4.78, 5) is 15.8. The molecular weight excluding hydrogens is 422 g/mol. The first kappa shape index (κ1) is 18.9. The van der Waals surface area contributed by atoms with Gasteiger partial charge in [-0.3, -0.25) is 4.98 Å². The number of nitriles is 1. The fourth-order valence-corrected chi connectivity index (χ4v) is 3.15. The number of ether oxygens (including phenoxy) is 1. The predicted octanol–water partition coefficient (Wildman–Crippen LogP) is 1.79. The minimum Gasteiger partial charge on any atom is -0.494 e. The number of hydrogen-bond donors (Lipinski definition) is 3. The van der Waals surface area contributed by atoms with Crippen molar-refractivity contribution in [3.8, 4) is 29.6 Å². The topological polar surface area (TPSA) is 145 Å². The number of rotatable bonds is 4. The second-order valence-electron chi connectivity index (χ2n) is 6.96. The van der Waals surface area contributed by atoms with Gasteiger partial charge >= 0.3 is 6.01 Å². The molecule has 154 valence electrons. The van der Waals surface area contributed by atoms with Crippen LogP contribution in [-0.4, -0.2) is 40.8 Å². The molecule has 0 radical (unpaired) electrons. The zero-order chi connectivity index (χ0) is 21.5. The Morgan fingerprint density at radius 2 is 2.13 bits per heavy atom. The van der Waals surface area contributed by atoms with Crippen LogP contribution in [0.15, 0.2) is 35.5 Å². The molecule has 1 aliphatic carbocycles. The normalized spacial score (nSPS) is 14.8. The molecule has 31 heavy (non-hydrogen) atoms. The Balaban J connectivity index is 1.65. The summed E-state index contributed by atoms with van der Waals surface area (Å²) in [6.45, 7) is 0. The maximum atomic E-state index is 9.92. The van der Waals surface area contributed by atoms with Gasteiger partial charge < -0.3 is 14.9 Å². The number of aromatic hydroxyl groups is 2. The van der Waals surface area contributed by atoms with E-state index in [1.54, 1.807) is 24.4 Å². The number of nitrogens with one attached hydrogen (secondary N) is 1. The molecule has 3 N–H and O–H groups in total. The van der Waals surface area contributed by atoms with E-state index in [-0.39, 0.29) is 28.8 Å². The van der Waals surface area contributed by atoms with Gasteiger partial charge in [0.15, 0.2) is 17.4 Å². The Labute approximate surface area is 179 Å². The van der Waals surface area contributed by atoms with Gasteiger partial charge in [-0.1, -0.05) is 11.6 Å². The molecule has 0 aliphatic heterocycles. The first-order valence-corrected chi connectivity index (χ1v) is 9.68. The van der Waals surface area contributed by atoms with E-state index in [4.69, 9.17) is 21.6 Å². The third-order valence-electron chi connectivity index (χ3n) is 4.60. The van der Waals surface area contributed by atoms with Crippen LogP contribution in [0.25, 0.3) is 11.7 Å². The van der Waals surface area contributed by atoms with Crippen molar-refractivity contribution in [1.82, 2.24) is 24.6 Å². The van der Waals surface area contributed by atoms with Gasteiger partial charge in [0.25, 0.3) is 5.62 Å². The lowest BCUT2D eigenvalue weighted by Gasteiger charge is -2.05. The fraction of sp³-hybridized carbons (Fsp3) is 0.150. The van der Waals surface area contributed by atoms with Gasteiger partial charge in [-0.05, 0) is 31.1 Å². The number of halogens is 1. The van der Waals surface area contributed by atoms with Crippen LogP contribution in [0.4, 0.5) is 0 Å². The van der Waals surface area contributed by atoms with E-state index in [9.17, 15) is 10.2 Å². The lowest BCUT2D eigenvalue weighted by Crippen LogP contribution is -2.23. The van der Waals surface area contributed by atoms with E-state index in [1.807, 2.05) is 6.07 Å². The van der Waals surface area contributed by atoms with Crippen molar-refractivity contribution in [3.05, 3.63) is 57.4 Å². The SMILES string of the molecule is N#Cc1ccc(Oc2nc(=NC3CC3)n3ncc(=Cc4cc(O)[nH]c4O)c3n2)cc1Cl. The molecule has 0 unspecified atom stereocenters. The largest absolute Gasteiger partial charge is 0.494 e. The Bertz CT molecular complexity index is 1480. The minimum absolute atomic E-state index is 0.0314. The molecular formula is C20H14ClN7O3. The highest BCUT2D eigenvalue weighted by atomic mass is 35.5. The van der Waals surface area contributed by atoms with Gasteiger partial charge in [0.05, 0.1) is 22.8 Å². The monoisotopic (exact) mass is 435 g/mol. The average molecular weight is 436 g/mol. The summed E-state index contributed by atoms with van der Waals surface area (Å²) in [5.74, 6) is 0.0162. The Morgan fingerprint density at radius 3 is 2.81 bits per heavy atom. The molecule has 10 nitrogen and oxygen atoms in total. The van der Waals surface area contributed by atoms with Gasteiger partial charge in [-0.2, -0.15) is 24.8 Å². The van der Waals surface area contributed by atoms with Crippen LogP contribution in [0.1, 0.15) is 24.0 Å². The van der Waals surface area contributed by atoms with Crippen LogP contribution in [0, 0.1) is 11.3 Å². The molecule has 3 heterocycles. The van der Waals surface area contributed by atoms with E-state index in [2.05, 4.69) is 25.0 Å². The zero-order valence-electron chi connectivity index (χ0n) is 15.8. The van der Waals surface area contributed by atoms with Gasteiger partial charge in [0.2, 0.25) is 0 Å². The van der Waals surface area contributed by atoms with Gasteiger partial charge in [0.1, 0.15) is 11.8 Å². The lowest BCUT2D eigenvalue weighted by molar-refractivity contribution is 0.425. The highest BCUT2D eigenvalue weighted by Gasteiger charge is 2.21. The quantitative estimate of drug-likeness (QED) is 0.443. The Hall–Kier alpha value is -4.10. The molecule has 1 aromatic carbocycles. The highest BCUT2D eigenvalue weighted by molar-refractivity contribution is 6.31. The third-order valence-corrected chi connectivity index (χ3v) is 4.91. The van der Waals surface area contributed by atoms with Gasteiger partial charge in [0, 0.05) is 22.9 Å². The Kier molecular flexibility index (Phi) is 4.45. The maximum Gasteiger partial charge on any atom is 0.327 e. The molecule has 0 atom stereocenters. The van der Waals surface area contributed by atoms with Crippen molar-refractivity contribution in [2.75, 3.05) is 0 Å². The van der Waals surface area contributed by atoms with E-state index in [1.165, 1.54) is 16.6 Å². The Morgan fingerprint density at radius 1 is 1.29 bits per heavy atom. The van der Waals surface area contributed by atoms with Crippen molar-refractivity contribution in [3.63, 3.8) is 0 Å². The highest BCUT2D eigenvalue weighted by Crippen LogP contribution is 2.25. The number of hydrogen-bond acceptors (Lipinski definition) is 8. The summed E-state index contributed by atoms with van der Waals surface area (Å²) in [7, 11) is 0. The van der Waals surface area contributed by atoms with E-state index in [0.29, 0.717) is 33.4 Å². The zero-order valence-corrected chi connectivity index (χ0v) is 16.6. The lowest BCUT2D eigenvalue weighted by atomic mass is 10.2. The smallest absolute Gasteiger partial charge is 0.327 e. The van der Waals surface area contributed by atoms with Crippen molar-refractivity contribution in [2.45, 2.75) is 18.9 Å². The molecule has 3 aromatic heterocycles. The first-order valence-electron chi connectivity index (χ1n) is 9.30. The first-order chi connectivity index (χ1) is 15.0. The molecule has 0 saturated heterocycles. The summed E-state index contributed by atoms with van der Waals surface area (Å²) >= 11 is 6.09. The molecule has 4 aromatic rings. The number of benzene rings is 1. The predicted molar refractivity (Wildman–Crippen MR) is 109 cm³/mol. The molecule has 1 aliphatic rings. The van der Waals surface area contributed by atoms with Crippen LogP contribution in [0.3, 0.4) is 0 Å². The molecule has 0 spiro atoms. The number of fused-ring (bicyclic) bond motifs is 1. The molecule has 0 bridgehead atoms. The molecule has 5 rings (SSSR count). The third kappa shape index (κ3) is 3.74. The average Bonchev–Trinajstić information content (AvgIpc) is 3.37. The molecule has 0 amide bonds. The van der Waals surface area contributed by atoms with Crippen molar-refractivity contribution in [1.29, 1.82) is 5.26 Å². The van der Waals surface area contributed by atoms with Crippen molar-refractivity contribution in [2.24, 2.45) is 4.99 Å². The summed E-state index contributed by atoms with van der Waals surface area (Å²) in [5.41, 5.74) is 1.44. The summed E-state index contributed by atoms with van der Waals surface area (Å²) in [6.07, 6.45) is 5.12. The fourth-order valence-electron chi connectivity index (χ4n) is 2.94. The summed E-state index contributed by atoms with van der Waals surface area (Å²) in [6, 6.07) is 8.23. The second kappa shape index (κ2) is 7.30. The van der Waals surface area contributed by atoms with E-state index in [0.717, 1.165) is 12.8 Å². The molecule has 1 fully saturated rings. The van der Waals surface area contributed by atoms with Gasteiger partial charge in [-0.25, -0.2) is 4.99 Å². The molecule has 11 heteroatoms. The summed E-state index contributed by atoms with van der Waals surface area (Å²) in [5, 5.41) is 33.6. The minimum atomic E-state index is -0.183. The van der Waals surface area contributed by atoms with E-state index < -0.39 is 0 Å². The summed E-state index contributed by atoms with van der Waals surface area (Å²) < 4.78 is 7.28. The van der Waals surface area contributed by atoms with Crippen LogP contribution >= 0.6 is 11.6 Å². The van der Waals surface area contributed by atoms with Crippen LogP contribution in [0.5, 0.6) is 23.5 Å². The van der Waals surface area contributed by atoms with Crippen molar-refractivity contribution < 1.29 is 14.9 Å². The van der Waals surface area contributed by atoms with E-state index >= 15 is 0 Å². The van der Waals surface area contributed by atoms with Crippen molar-refractivity contribution >= 4 is 23.3 Å². The van der Waals surface area contributed by atoms with Gasteiger partial charge in [-0.15, -0.1) is 0 Å². The van der Waals surface area contributed by atoms with Crippen LogP contribution in [-0.2, 0) is 0 Å². The van der Waals surface area contributed by atoms with Crippen LogP contribution in [0.2, 0.25) is 5.02 Å². The second-order valence-corrected chi connectivity index (χ2v) is 7.37. The maximum absolute atomic E-state index is 9.92. The molecule has 1 saturated carbocycles. The number of aromatic amines is 1.